The van der Waals surface area contributed by atoms with Gasteiger partial charge in [0.2, 0.25) is 11.8 Å². The third kappa shape index (κ3) is 6.76. The molecule has 162 valence electrons. The maximum absolute atomic E-state index is 13.8. The Bertz CT molecular complexity index is 847. The van der Waals surface area contributed by atoms with Crippen molar-refractivity contribution in [3.63, 3.8) is 0 Å². The Balaban J connectivity index is 2.14. The van der Waals surface area contributed by atoms with Crippen molar-refractivity contribution in [3.8, 4) is 5.75 Å². The molecule has 0 saturated heterocycles. The second-order valence-electron chi connectivity index (χ2n) is 6.78. The molecule has 7 heteroatoms. The van der Waals surface area contributed by atoms with Crippen LogP contribution in [0.25, 0.3) is 0 Å². The van der Waals surface area contributed by atoms with Crippen molar-refractivity contribution in [2.45, 2.75) is 38.6 Å². The topological polar surface area (TPSA) is 58.6 Å². The smallest absolute Gasteiger partial charge is 0.242 e. The van der Waals surface area contributed by atoms with Crippen molar-refractivity contribution in [2.24, 2.45) is 0 Å². The predicted octanol–water partition coefficient (Wildman–Crippen LogP) is 4.01. The average molecular weight is 433 g/mol. The third-order valence-corrected chi connectivity index (χ3v) is 5.63. The summed E-state index contributed by atoms with van der Waals surface area (Å²) in [5.41, 5.74) is 1.44. The lowest BCUT2D eigenvalue weighted by Crippen LogP contribution is -2.49. The van der Waals surface area contributed by atoms with Crippen molar-refractivity contribution in [1.29, 1.82) is 0 Å². The number of rotatable bonds is 11. The average Bonchev–Trinajstić information content (AvgIpc) is 2.75. The molecule has 0 fully saturated rings. The van der Waals surface area contributed by atoms with Gasteiger partial charge in [-0.1, -0.05) is 37.3 Å². The largest absolute Gasteiger partial charge is 0.497 e. The molecule has 2 aromatic rings. The first-order chi connectivity index (χ1) is 14.5. The van der Waals surface area contributed by atoms with Crippen LogP contribution < -0.4 is 10.1 Å². The first-order valence-corrected chi connectivity index (χ1v) is 11.2. The summed E-state index contributed by atoms with van der Waals surface area (Å²) in [6, 6.07) is 13.4. The zero-order valence-corrected chi connectivity index (χ0v) is 18.5. The molecule has 0 aliphatic carbocycles. The van der Waals surface area contributed by atoms with Gasteiger partial charge in [0.05, 0.1) is 12.9 Å². The lowest BCUT2D eigenvalue weighted by molar-refractivity contribution is -0.139. The van der Waals surface area contributed by atoms with Crippen molar-refractivity contribution >= 4 is 23.6 Å². The van der Waals surface area contributed by atoms with Crippen molar-refractivity contribution in [3.05, 3.63) is 65.5 Å². The molecule has 5 nitrogen and oxygen atoms in total. The summed E-state index contributed by atoms with van der Waals surface area (Å²) in [7, 11) is 1.59. The highest BCUT2D eigenvalue weighted by Gasteiger charge is 2.28. The molecule has 0 bridgehead atoms. The van der Waals surface area contributed by atoms with Gasteiger partial charge in [-0.3, -0.25) is 9.59 Å². The van der Waals surface area contributed by atoms with Crippen LogP contribution in [-0.4, -0.2) is 42.2 Å². The molecule has 1 atom stereocenters. The van der Waals surface area contributed by atoms with Gasteiger partial charge in [0.25, 0.3) is 0 Å². The normalized spacial score (nSPS) is 11.6. The number of benzene rings is 2. The molecule has 2 rings (SSSR count). The molecular weight excluding hydrogens is 403 g/mol. The third-order valence-electron chi connectivity index (χ3n) is 4.66. The summed E-state index contributed by atoms with van der Waals surface area (Å²) in [6.07, 6.45) is 0.500. The van der Waals surface area contributed by atoms with Crippen molar-refractivity contribution < 1.29 is 18.7 Å². The number of hydrogen-bond acceptors (Lipinski definition) is 4. The van der Waals surface area contributed by atoms with Crippen LogP contribution in [0.4, 0.5) is 4.39 Å². The number of ether oxygens (including phenoxy) is 1. The Morgan fingerprint density at radius 3 is 2.60 bits per heavy atom. The molecule has 1 N–H and O–H groups in total. The van der Waals surface area contributed by atoms with E-state index in [0.29, 0.717) is 36.6 Å². The predicted molar refractivity (Wildman–Crippen MR) is 119 cm³/mol. The zero-order valence-electron chi connectivity index (χ0n) is 17.7. The number of carbonyl (C=O) groups is 2. The second kappa shape index (κ2) is 12.2. The van der Waals surface area contributed by atoms with E-state index < -0.39 is 6.04 Å². The molecule has 0 heterocycles. The SMILES string of the molecule is CCNC(=O)[C@@H](CC)N(Cc1cccc(OC)c1)C(=O)CSCc1ccccc1F. The maximum Gasteiger partial charge on any atom is 0.242 e. The lowest BCUT2D eigenvalue weighted by atomic mass is 10.1. The van der Waals surface area contributed by atoms with Gasteiger partial charge in [-0.25, -0.2) is 4.39 Å². The molecule has 0 spiro atoms. The fourth-order valence-corrected chi connectivity index (χ4v) is 4.02. The minimum absolute atomic E-state index is 0.155. The van der Waals surface area contributed by atoms with Gasteiger partial charge in [-0.15, -0.1) is 11.8 Å². The number of methoxy groups -OCH3 is 1. The summed E-state index contributed by atoms with van der Waals surface area (Å²) in [6.45, 7) is 4.53. The highest BCUT2D eigenvalue weighted by Crippen LogP contribution is 2.20. The van der Waals surface area contributed by atoms with Crippen LogP contribution in [0.15, 0.2) is 48.5 Å². The number of thioether (sulfide) groups is 1. The van der Waals surface area contributed by atoms with E-state index in [0.717, 1.165) is 5.56 Å². The molecule has 0 radical (unpaired) electrons. The molecule has 0 saturated carbocycles. The zero-order chi connectivity index (χ0) is 21.9. The second-order valence-corrected chi connectivity index (χ2v) is 7.76. The van der Waals surface area contributed by atoms with E-state index in [-0.39, 0.29) is 23.4 Å². The minimum atomic E-state index is -0.572. The summed E-state index contributed by atoms with van der Waals surface area (Å²) >= 11 is 1.34. The molecule has 0 aliphatic heterocycles. The number of carbonyl (C=O) groups excluding carboxylic acids is 2. The van der Waals surface area contributed by atoms with E-state index >= 15 is 0 Å². The summed E-state index contributed by atoms with van der Waals surface area (Å²) in [5, 5.41) is 2.82. The van der Waals surface area contributed by atoms with Crippen LogP contribution in [0, 0.1) is 5.82 Å². The molecule has 2 aromatic carbocycles. The Morgan fingerprint density at radius 1 is 1.17 bits per heavy atom. The van der Waals surface area contributed by atoms with Crippen molar-refractivity contribution in [1.82, 2.24) is 10.2 Å². The van der Waals surface area contributed by atoms with E-state index in [9.17, 15) is 14.0 Å². The monoisotopic (exact) mass is 432 g/mol. The fourth-order valence-electron chi connectivity index (χ4n) is 3.13. The first kappa shape index (κ1) is 23.7. The molecule has 0 aliphatic rings. The Labute approximate surface area is 182 Å². The molecule has 30 heavy (non-hydrogen) atoms. The number of halogens is 1. The van der Waals surface area contributed by atoms with Gasteiger partial charge in [0.15, 0.2) is 0 Å². The van der Waals surface area contributed by atoms with Crippen molar-refractivity contribution in [2.75, 3.05) is 19.4 Å². The standard InChI is InChI=1S/C23H29FN2O3S/c1-4-21(23(28)25-5-2)26(14-17-9-8-11-19(13-17)29-3)22(27)16-30-15-18-10-6-7-12-20(18)24/h6-13,21H,4-5,14-16H2,1-3H3,(H,25,28)/t21-/m1/s1. The highest BCUT2D eigenvalue weighted by atomic mass is 32.2. The molecule has 0 unspecified atom stereocenters. The van der Waals surface area contributed by atoms with E-state index in [2.05, 4.69) is 5.32 Å². The number of likely N-dealkylation sites (N-methyl/N-ethyl adjacent to an activating group) is 1. The van der Waals surface area contributed by atoms with Gasteiger partial charge in [-0.2, -0.15) is 0 Å². The molecule has 0 aromatic heterocycles. The highest BCUT2D eigenvalue weighted by molar-refractivity contribution is 7.99. The van der Waals surface area contributed by atoms with E-state index in [4.69, 9.17) is 4.74 Å². The minimum Gasteiger partial charge on any atom is -0.497 e. The number of hydrogen-bond donors (Lipinski definition) is 1. The van der Waals surface area contributed by atoms with Crippen LogP contribution in [0.3, 0.4) is 0 Å². The van der Waals surface area contributed by atoms with Crippen LogP contribution in [-0.2, 0) is 21.9 Å². The summed E-state index contributed by atoms with van der Waals surface area (Å²) in [4.78, 5) is 27.3. The maximum atomic E-state index is 13.8. The van der Waals surface area contributed by atoms with Gasteiger partial charge in [0, 0.05) is 18.8 Å². The number of nitrogens with one attached hydrogen (secondary N) is 1. The van der Waals surface area contributed by atoms with Gasteiger partial charge >= 0.3 is 0 Å². The summed E-state index contributed by atoms with van der Waals surface area (Å²) < 4.78 is 19.1. The summed E-state index contributed by atoms with van der Waals surface area (Å²) in [5.74, 6) is 0.643. The first-order valence-electron chi connectivity index (χ1n) is 10.0. The van der Waals surface area contributed by atoms with Gasteiger partial charge < -0.3 is 15.0 Å². The Morgan fingerprint density at radius 2 is 1.93 bits per heavy atom. The lowest BCUT2D eigenvalue weighted by Gasteiger charge is -2.30. The van der Waals surface area contributed by atoms with Gasteiger partial charge in [-0.05, 0) is 42.7 Å². The van der Waals surface area contributed by atoms with E-state index in [1.807, 2.05) is 38.1 Å². The van der Waals surface area contributed by atoms with Crippen LogP contribution in [0.5, 0.6) is 5.75 Å². The van der Waals surface area contributed by atoms with Crippen LogP contribution in [0.1, 0.15) is 31.4 Å². The Hall–Kier alpha value is -2.54. The quantitative estimate of drug-likeness (QED) is 0.583. The Kier molecular flexibility index (Phi) is 9.67. The molecule has 2 amide bonds. The van der Waals surface area contributed by atoms with Crippen LogP contribution in [0.2, 0.25) is 0 Å². The number of amides is 2. The van der Waals surface area contributed by atoms with Gasteiger partial charge in [0.1, 0.15) is 17.6 Å². The number of nitrogens with zero attached hydrogens (tertiary/aromatic N) is 1. The van der Waals surface area contributed by atoms with E-state index in [1.54, 1.807) is 30.2 Å². The molecular formula is C23H29FN2O3S. The fraction of sp³-hybridized carbons (Fsp3) is 0.391. The van der Waals surface area contributed by atoms with Crippen LogP contribution >= 0.6 is 11.8 Å². The van der Waals surface area contributed by atoms with E-state index in [1.165, 1.54) is 17.8 Å².